The van der Waals surface area contributed by atoms with E-state index in [0.717, 1.165) is 13.3 Å². The Bertz CT molecular complexity index is 1390. The van der Waals surface area contributed by atoms with Crippen LogP contribution in [-0.2, 0) is 42.2 Å². The first-order chi connectivity index (χ1) is 22.0. The monoisotopic (exact) mass is 767 g/mol. The van der Waals surface area contributed by atoms with Crippen LogP contribution < -0.4 is 21.2 Å². The second kappa shape index (κ2) is 19.3. The molecule has 1 heterocycles. The number of alkyl halides is 3. The maximum atomic E-state index is 10.6. The molecule has 0 amide bonds. The third kappa shape index (κ3) is 11.4. The molecule has 1 unspecified atom stereocenters. The van der Waals surface area contributed by atoms with Gasteiger partial charge in [-0.05, 0) is 68.8 Å². The summed E-state index contributed by atoms with van der Waals surface area (Å²) in [5, 5.41) is 5.48. The molecule has 4 aromatic rings. The Hall–Kier alpha value is -2.35. The van der Waals surface area contributed by atoms with E-state index in [1.165, 1.54) is 45.9 Å². The molecule has 4 aromatic carbocycles. The first kappa shape index (κ1) is 37.1. The number of benzene rings is 4. The van der Waals surface area contributed by atoms with Crippen molar-refractivity contribution in [2.45, 2.75) is 37.4 Å². The molecule has 1 aliphatic heterocycles. The van der Waals surface area contributed by atoms with Crippen molar-refractivity contribution >= 4 is 55.3 Å². The van der Waals surface area contributed by atoms with Crippen LogP contribution in [0.2, 0.25) is 0 Å². The Morgan fingerprint density at radius 1 is 0.822 bits per heavy atom. The third-order valence-corrected chi connectivity index (χ3v) is 12.5. The first-order valence-corrected chi connectivity index (χ1v) is 18.1. The van der Waals surface area contributed by atoms with Gasteiger partial charge in [0.15, 0.2) is 8.15 Å². The summed E-state index contributed by atoms with van der Waals surface area (Å²) in [5.74, 6) is 0. The second-order valence-corrected chi connectivity index (χ2v) is 15.4. The molecule has 0 saturated carbocycles. The molecule has 2 atom stereocenters. The fourth-order valence-electron chi connectivity index (χ4n) is 4.86. The van der Waals surface area contributed by atoms with Gasteiger partial charge in [-0.1, -0.05) is 72.8 Å². The normalized spacial score (nSPS) is 15.5. The Kier molecular flexibility index (Phi) is 16.0. The van der Waals surface area contributed by atoms with Crippen molar-refractivity contribution in [3.8, 4) is 0 Å². The van der Waals surface area contributed by atoms with Crippen LogP contribution in [0.5, 0.6) is 0 Å². The van der Waals surface area contributed by atoms with E-state index in [9.17, 15) is 13.2 Å². The molecule has 0 bridgehead atoms. The number of hydrogen-bond acceptors (Lipinski definition) is 6. The van der Waals surface area contributed by atoms with Crippen LogP contribution in [0, 0.1) is 0 Å². The third-order valence-electron chi connectivity index (χ3n) is 6.83. The molecule has 0 aromatic heterocycles. The van der Waals surface area contributed by atoms with Crippen molar-refractivity contribution in [3.63, 3.8) is 0 Å². The summed E-state index contributed by atoms with van der Waals surface area (Å²) in [5.41, 5.74) is -5.35. The van der Waals surface area contributed by atoms with Gasteiger partial charge in [-0.2, -0.15) is 19.2 Å². The number of carbonyl (C=O) groups excluding carboxylic acids is 1. The van der Waals surface area contributed by atoms with Crippen molar-refractivity contribution in [1.82, 2.24) is 4.67 Å². The number of nitrogens with zero attached hydrogens (tertiary/aromatic N) is 1. The molecule has 13 heteroatoms. The fourth-order valence-corrected chi connectivity index (χ4v) is 10.2. The molecule has 1 fully saturated rings. The van der Waals surface area contributed by atoms with Crippen molar-refractivity contribution in [1.29, 1.82) is 0 Å². The van der Waals surface area contributed by atoms with Gasteiger partial charge in [-0.25, -0.2) is 4.52 Å². The Balaban J connectivity index is 0.000000531. The molecule has 0 radical (unpaired) electrons. The summed E-state index contributed by atoms with van der Waals surface area (Å²) >= 11 is -2.63. The molecule has 45 heavy (non-hydrogen) atoms. The topological polar surface area (TPSA) is 86.7 Å². The molecule has 243 valence electrons. The Morgan fingerprint density at radius 2 is 1.13 bits per heavy atom. The minimum atomic E-state index is -5.08. The van der Waals surface area contributed by atoms with Gasteiger partial charge in [0.25, 0.3) is 0 Å². The summed E-state index contributed by atoms with van der Waals surface area (Å²) in [6, 6.07) is 44.1. The maximum absolute atomic E-state index is 10.6. The van der Waals surface area contributed by atoms with Crippen LogP contribution >= 0.6 is 16.2 Å². The zero-order chi connectivity index (χ0) is 34.2. The van der Waals surface area contributed by atoms with Gasteiger partial charge < -0.3 is 9.35 Å². The van der Waals surface area contributed by atoms with E-state index in [4.69, 9.17) is 23.0 Å². The van der Waals surface area contributed by atoms with Crippen LogP contribution in [0.1, 0.15) is 21.6 Å². The number of rotatable bonds is 8. The van der Waals surface area contributed by atoms with Gasteiger partial charge in [-0.3, -0.25) is 11.0 Å². The van der Waals surface area contributed by atoms with Gasteiger partial charge in [0.1, 0.15) is 34.9 Å². The number of halogens is 3. The molecule has 0 N–H and O–H groups in total. The van der Waals surface area contributed by atoms with E-state index in [1.807, 2.05) is 0 Å². The quantitative estimate of drug-likeness (QED) is 0.0785. The molecule has 0 aliphatic carbocycles. The Morgan fingerprint density at radius 3 is 1.40 bits per heavy atom. The Labute approximate surface area is 278 Å². The van der Waals surface area contributed by atoms with Gasteiger partial charge in [0.2, 0.25) is 0 Å². The molecule has 1 saturated heterocycles. The fraction of sp³-hybridized carbons (Fsp3) is 0.219. The van der Waals surface area contributed by atoms with Crippen LogP contribution in [0.25, 0.3) is 0 Å². The van der Waals surface area contributed by atoms with E-state index in [0.29, 0.717) is 6.04 Å². The van der Waals surface area contributed by atoms with E-state index in [1.54, 1.807) is 0 Å². The van der Waals surface area contributed by atoms with Gasteiger partial charge in [0, 0.05) is 6.54 Å². The summed E-state index contributed by atoms with van der Waals surface area (Å²) < 4.78 is 72.9. The average Bonchev–Trinajstić information content (AvgIpc) is 3.04. The molecule has 5 rings (SSSR count). The van der Waals surface area contributed by atoms with Crippen LogP contribution in [0.15, 0.2) is 121 Å². The summed E-state index contributed by atoms with van der Waals surface area (Å²) in [4.78, 5) is 8.35. The van der Waals surface area contributed by atoms with E-state index < -0.39 is 32.8 Å². The van der Waals surface area contributed by atoms with Crippen molar-refractivity contribution in [2.75, 3.05) is 6.54 Å². The summed E-state index contributed by atoms with van der Waals surface area (Å²) in [6.45, 7) is 6.47. The van der Waals surface area contributed by atoms with E-state index >= 15 is 0 Å². The molecular formula is C32H34F3NO5P2RhS. The van der Waals surface area contributed by atoms with Crippen LogP contribution in [0.3, 0.4) is 0 Å². The first-order valence-electron chi connectivity index (χ1n) is 14.0. The SMILES string of the molecule is CC(C)(O[PH+](c1ccccc1)c1ccccc1)[C@@H]1CCN1[PH+](c1ccccc1)c1ccccc1.O=S([O-])C(F)(F)F.[2H][C-]=O.[O]=[Rh]. The van der Waals surface area contributed by atoms with Gasteiger partial charge >= 0.3 is 27.3 Å². The standard InChI is InChI=1S/C30H31NOP2.CHF3O2S.CHO.O.Rh/c1-30(2,32-34(27-19-11-5-12-20-27)28-21-13-6-14-22-28)29-23-24-31(29)33(25-15-7-3-8-16-25)26-17-9-4-10-18-26;2-1(3,4)7(5)6;1-2;;/h3-22,29H,23-24H2,1-2H3;(H,5,6);1H;;/q;;-1;;/p+1/t29-;;;;/m0..../s1/i;;1D;;. The van der Waals surface area contributed by atoms with E-state index in [2.05, 4.69) is 140 Å². The minimum absolute atomic E-state index is 0.266. The molecular weight excluding hydrogens is 732 g/mol. The molecule has 6 nitrogen and oxygen atoms in total. The molecule has 0 spiro atoms. The zero-order valence-electron chi connectivity index (χ0n) is 25.4. The number of hydrogen-bond donors (Lipinski definition) is 0. The van der Waals surface area contributed by atoms with E-state index in [-0.39, 0.29) is 5.60 Å². The van der Waals surface area contributed by atoms with Crippen LogP contribution in [0.4, 0.5) is 13.2 Å². The van der Waals surface area contributed by atoms with Gasteiger partial charge in [0.05, 0.1) is 17.1 Å². The van der Waals surface area contributed by atoms with Crippen molar-refractivity contribution in [2.24, 2.45) is 0 Å². The summed E-state index contributed by atoms with van der Waals surface area (Å²) in [7, 11) is -2.44. The van der Waals surface area contributed by atoms with Crippen molar-refractivity contribution in [3.05, 3.63) is 121 Å². The zero-order valence-corrected chi connectivity index (χ0v) is 28.9. The molecule has 1 aliphatic rings. The van der Waals surface area contributed by atoms with Gasteiger partial charge in [-0.15, -0.1) is 0 Å². The average molecular weight is 768 g/mol. The second-order valence-electron chi connectivity index (χ2n) is 10.0. The predicted octanol–water partition coefficient (Wildman–Crippen LogP) is 5.41. The summed E-state index contributed by atoms with van der Waals surface area (Å²) in [6.07, 6.45) is 1.17. The van der Waals surface area contributed by atoms with Crippen LogP contribution in [-0.4, -0.2) is 43.9 Å². The predicted molar refractivity (Wildman–Crippen MR) is 174 cm³/mol. The van der Waals surface area contributed by atoms with Crippen molar-refractivity contribution < 1.29 is 54.4 Å².